The summed E-state index contributed by atoms with van der Waals surface area (Å²) in [7, 11) is 0. The number of aromatic nitrogens is 1. The van der Waals surface area contributed by atoms with Crippen molar-refractivity contribution in [3.8, 4) is 0 Å². The molecule has 1 atom stereocenters. The van der Waals surface area contributed by atoms with Gasteiger partial charge in [0.25, 0.3) is 5.91 Å². The molecule has 0 spiro atoms. The van der Waals surface area contributed by atoms with Gasteiger partial charge in [-0.05, 0) is 24.1 Å². The summed E-state index contributed by atoms with van der Waals surface area (Å²) in [5.41, 5.74) is 0.758. The van der Waals surface area contributed by atoms with Gasteiger partial charge in [0.1, 0.15) is 5.82 Å². The van der Waals surface area contributed by atoms with Crippen LogP contribution in [0.2, 0.25) is 0 Å². The SMILES string of the molecule is O=C(NC[C@@H](Cc1cccc(F)c1)N1CCNC1=O)c1ccno1. The number of amides is 3. The van der Waals surface area contributed by atoms with E-state index in [0.717, 1.165) is 5.56 Å². The van der Waals surface area contributed by atoms with E-state index in [4.69, 9.17) is 4.52 Å². The topological polar surface area (TPSA) is 87.5 Å². The first-order valence-corrected chi connectivity index (χ1v) is 7.61. The van der Waals surface area contributed by atoms with Crippen molar-refractivity contribution in [1.82, 2.24) is 20.7 Å². The van der Waals surface area contributed by atoms with Crippen LogP contribution in [0.3, 0.4) is 0 Å². The molecule has 8 heteroatoms. The van der Waals surface area contributed by atoms with E-state index >= 15 is 0 Å². The molecule has 1 saturated heterocycles. The van der Waals surface area contributed by atoms with Gasteiger partial charge in [0.05, 0.1) is 12.2 Å². The number of rotatable bonds is 6. The van der Waals surface area contributed by atoms with E-state index in [9.17, 15) is 14.0 Å². The summed E-state index contributed by atoms with van der Waals surface area (Å²) in [6.07, 6.45) is 1.81. The first-order chi connectivity index (χ1) is 11.6. The number of hydrogen-bond donors (Lipinski definition) is 2. The molecule has 0 saturated carbocycles. The minimum absolute atomic E-state index is 0.102. The average Bonchev–Trinajstić information content (AvgIpc) is 3.23. The summed E-state index contributed by atoms with van der Waals surface area (Å²) in [5.74, 6) is -0.635. The Morgan fingerprint density at radius 1 is 1.46 bits per heavy atom. The fourth-order valence-electron chi connectivity index (χ4n) is 2.69. The van der Waals surface area contributed by atoms with E-state index in [1.54, 1.807) is 17.0 Å². The monoisotopic (exact) mass is 332 g/mol. The minimum atomic E-state index is -0.406. The summed E-state index contributed by atoms with van der Waals surface area (Å²) in [4.78, 5) is 25.6. The quantitative estimate of drug-likeness (QED) is 0.831. The third-order valence-corrected chi connectivity index (χ3v) is 3.85. The number of nitrogens with one attached hydrogen (secondary N) is 2. The van der Waals surface area contributed by atoms with Gasteiger partial charge >= 0.3 is 6.03 Å². The van der Waals surface area contributed by atoms with Crippen LogP contribution in [0, 0.1) is 5.82 Å². The van der Waals surface area contributed by atoms with Gasteiger partial charge in [-0.2, -0.15) is 0 Å². The van der Waals surface area contributed by atoms with Gasteiger partial charge in [0.15, 0.2) is 0 Å². The summed E-state index contributed by atoms with van der Waals surface area (Å²) in [6, 6.07) is 7.19. The third-order valence-electron chi connectivity index (χ3n) is 3.85. The Kier molecular flexibility index (Phi) is 4.74. The molecule has 24 heavy (non-hydrogen) atoms. The van der Waals surface area contributed by atoms with Crippen molar-refractivity contribution in [2.75, 3.05) is 19.6 Å². The number of urea groups is 1. The molecule has 3 amide bonds. The highest BCUT2D eigenvalue weighted by molar-refractivity contribution is 5.91. The maximum absolute atomic E-state index is 13.4. The number of benzene rings is 1. The lowest BCUT2D eigenvalue weighted by atomic mass is 10.0. The van der Waals surface area contributed by atoms with Gasteiger partial charge in [-0.25, -0.2) is 9.18 Å². The zero-order chi connectivity index (χ0) is 16.9. The highest BCUT2D eigenvalue weighted by Gasteiger charge is 2.28. The van der Waals surface area contributed by atoms with Gasteiger partial charge in [0.2, 0.25) is 5.76 Å². The second-order valence-electron chi connectivity index (χ2n) is 5.50. The molecule has 1 aromatic heterocycles. The van der Waals surface area contributed by atoms with E-state index in [1.807, 2.05) is 0 Å². The molecule has 0 aliphatic carbocycles. The van der Waals surface area contributed by atoms with Crippen LogP contribution in [0.15, 0.2) is 41.1 Å². The third kappa shape index (κ3) is 3.70. The van der Waals surface area contributed by atoms with Gasteiger partial charge < -0.3 is 20.1 Å². The summed E-state index contributed by atoms with van der Waals surface area (Å²) < 4.78 is 18.2. The van der Waals surface area contributed by atoms with E-state index in [0.29, 0.717) is 19.5 Å². The Balaban J connectivity index is 1.70. The standard InChI is InChI=1S/C16H17FN4O3/c17-12-3-1-2-11(8-12)9-13(21-7-6-18-16(21)23)10-19-15(22)14-4-5-20-24-14/h1-5,8,13H,6-7,9-10H2,(H,18,23)(H,19,22)/t13-/m1/s1. The minimum Gasteiger partial charge on any atom is -0.351 e. The van der Waals surface area contributed by atoms with Crippen molar-refractivity contribution in [2.45, 2.75) is 12.5 Å². The van der Waals surface area contributed by atoms with Crippen molar-refractivity contribution in [2.24, 2.45) is 0 Å². The molecule has 2 aromatic rings. The predicted molar refractivity (Wildman–Crippen MR) is 82.8 cm³/mol. The maximum atomic E-state index is 13.4. The van der Waals surface area contributed by atoms with Gasteiger partial charge in [0, 0.05) is 25.7 Å². The molecule has 1 aliphatic heterocycles. The van der Waals surface area contributed by atoms with Crippen LogP contribution < -0.4 is 10.6 Å². The van der Waals surface area contributed by atoms with Crippen LogP contribution in [0.25, 0.3) is 0 Å². The molecular weight excluding hydrogens is 315 g/mol. The van der Waals surface area contributed by atoms with Crippen molar-refractivity contribution in [3.05, 3.63) is 53.7 Å². The Labute approximate surface area is 137 Å². The molecule has 3 rings (SSSR count). The highest BCUT2D eigenvalue weighted by atomic mass is 19.1. The number of halogens is 1. The predicted octanol–water partition coefficient (Wildman–Crippen LogP) is 1.18. The van der Waals surface area contributed by atoms with Crippen molar-refractivity contribution >= 4 is 11.9 Å². The van der Waals surface area contributed by atoms with E-state index < -0.39 is 5.91 Å². The second-order valence-corrected chi connectivity index (χ2v) is 5.50. The van der Waals surface area contributed by atoms with Crippen LogP contribution in [-0.2, 0) is 6.42 Å². The largest absolute Gasteiger partial charge is 0.351 e. The van der Waals surface area contributed by atoms with Crippen LogP contribution in [0.4, 0.5) is 9.18 Å². The number of nitrogens with zero attached hydrogens (tertiary/aromatic N) is 2. The molecule has 0 bridgehead atoms. The number of carbonyl (C=O) groups excluding carboxylic acids is 2. The molecule has 2 heterocycles. The first kappa shape index (κ1) is 16.0. The fourth-order valence-corrected chi connectivity index (χ4v) is 2.69. The van der Waals surface area contributed by atoms with Crippen molar-refractivity contribution in [1.29, 1.82) is 0 Å². The summed E-state index contributed by atoms with van der Waals surface area (Å²) in [6.45, 7) is 1.31. The van der Waals surface area contributed by atoms with Gasteiger partial charge in [-0.3, -0.25) is 4.79 Å². The number of hydrogen-bond acceptors (Lipinski definition) is 4. The Morgan fingerprint density at radius 3 is 3.00 bits per heavy atom. The second kappa shape index (κ2) is 7.12. The molecule has 7 nitrogen and oxygen atoms in total. The van der Waals surface area contributed by atoms with Crippen LogP contribution in [-0.4, -0.2) is 47.7 Å². The van der Waals surface area contributed by atoms with Gasteiger partial charge in [-0.15, -0.1) is 0 Å². The zero-order valence-electron chi connectivity index (χ0n) is 12.9. The van der Waals surface area contributed by atoms with Crippen molar-refractivity contribution < 1.29 is 18.5 Å². The lowest BCUT2D eigenvalue weighted by Crippen LogP contribution is -2.46. The van der Waals surface area contributed by atoms with Crippen LogP contribution in [0.5, 0.6) is 0 Å². The molecule has 2 N–H and O–H groups in total. The highest BCUT2D eigenvalue weighted by Crippen LogP contribution is 2.13. The van der Waals surface area contributed by atoms with Crippen LogP contribution >= 0.6 is 0 Å². The normalized spacial score (nSPS) is 15.2. The lowest BCUT2D eigenvalue weighted by molar-refractivity contribution is 0.0903. The lowest BCUT2D eigenvalue weighted by Gasteiger charge is -2.27. The number of carbonyl (C=O) groups is 2. The Bertz CT molecular complexity index is 720. The maximum Gasteiger partial charge on any atom is 0.317 e. The van der Waals surface area contributed by atoms with Gasteiger partial charge in [-0.1, -0.05) is 17.3 Å². The summed E-state index contributed by atoms with van der Waals surface area (Å²) >= 11 is 0. The zero-order valence-corrected chi connectivity index (χ0v) is 12.9. The molecule has 1 aliphatic rings. The van der Waals surface area contributed by atoms with Crippen LogP contribution in [0.1, 0.15) is 16.1 Å². The smallest absolute Gasteiger partial charge is 0.317 e. The molecule has 126 valence electrons. The average molecular weight is 332 g/mol. The van der Waals surface area contributed by atoms with E-state index in [-0.39, 0.29) is 30.2 Å². The molecule has 0 radical (unpaired) electrons. The molecule has 1 aromatic carbocycles. The van der Waals surface area contributed by atoms with E-state index in [1.165, 1.54) is 24.4 Å². The van der Waals surface area contributed by atoms with E-state index in [2.05, 4.69) is 15.8 Å². The Morgan fingerprint density at radius 2 is 2.33 bits per heavy atom. The summed E-state index contributed by atoms with van der Waals surface area (Å²) in [5, 5.41) is 8.95. The Hall–Kier alpha value is -2.90. The first-order valence-electron chi connectivity index (χ1n) is 7.61. The molecule has 1 fully saturated rings. The van der Waals surface area contributed by atoms with Crippen molar-refractivity contribution in [3.63, 3.8) is 0 Å². The molecule has 0 unspecified atom stereocenters. The molecular formula is C16H17FN4O3. The fraction of sp³-hybridized carbons (Fsp3) is 0.312.